The van der Waals surface area contributed by atoms with E-state index >= 15 is 0 Å². The lowest BCUT2D eigenvalue weighted by atomic mass is 10.3. The monoisotopic (exact) mass is 328 g/mol. The molecule has 0 spiro atoms. The molecule has 0 saturated heterocycles. The molecule has 0 aliphatic carbocycles. The molecule has 1 aromatic rings. The first-order valence-electron chi connectivity index (χ1n) is 2.87. The zero-order valence-electron chi connectivity index (χ0n) is 5.77. The molecule has 0 radical (unpaired) electrons. The molecule has 4 heteroatoms. The third kappa shape index (κ3) is 1.99. The van der Waals surface area contributed by atoms with Crippen LogP contribution in [0.2, 0.25) is 0 Å². The second-order valence-corrected chi connectivity index (χ2v) is 3.95. The van der Waals surface area contributed by atoms with Crippen LogP contribution in [0.1, 0.15) is 0 Å². The fraction of sp³-hybridized carbons (Fsp3) is 0.143. The summed E-state index contributed by atoms with van der Waals surface area (Å²) in [5.74, 6) is 0.883. The van der Waals surface area contributed by atoms with Crippen LogP contribution >= 0.6 is 38.5 Å². The van der Waals surface area contributed by atoms with Gasteiger partial charge in [-0.15, -0.1) is 0 Å². The van der Waals surface area contributed by atoms with Crippen LogP contribution < -0.4 is 4.74 Å². The minimum atomic E-state index is 0.241. The summed E-state index contributed by atoms with van der Waals surface area (Å²) >= 11 is 5.35. The summed E-state index contributed by atoms with van der Waals surface area (Å²) in [6.45, 7) is 0. The molecule has 0 saturated carbocycles. The number of rotatable bonds is 1. The molecule has 1 aromatic carbocycles. The molecule has 0 unspecified atom stereocenters. The summed E-state index contributed by atoms with van der Waals surface area (Å²) in [6, 6.07) is 3.38. The van der Waals surface area contributed by atoms with Gasteiger partial charge in [-0.2, -0.15) is 0 Å². The van der Waals surface area contributed by atoms with Crippen LogP contribution in [0.4, 0.5) is 0 Å². The van der Waals surface area contributed by atoms with E-state index in [1.54, 1.807) is 19.2 Å². The Kier molecular flexibility index (Phi) is 3.00. The Morgan fingerprint density at radius 1 is 1.55 bits per heavy atom. The maximum absolute atomic E-state index is 9.25. The van der Waals surface area contributed by atoms with Crippen molar-refractivity contribution >= 4 is 38.5 Å². The average Bonchev–Trinajstić information content (AvgIpc) is 1.97. The maximum atomic E-state index is 9.25. The minimum absolute atomic E-state index is 0.241. The van der Waals surface area contributed by atoms with Gasteiger partial charge in [0.1, 0.15) is 11.5 Å². The molecule has 0 aromatic heterocycles. The third-order valence-corrected chi connectivity index (χ3v) is 2.70. The van der Waals surface area contributed by atoms with Crippen molar-refractivity contribution in [3.05, 3.63) is 20.2 Å². The Hall–Kier alpha value is 0.0300. The van der Waals surface area contributed by atoms with E-state index in [1.807, 2.05) is 22.6 Å². The summed E-state index contributed by atoms with van der Waals surface area (Å²) in [5, 5.41) is 9.25. The van der Waals surface area contributed by atoms with E-state index in [-0.39, 0.29) is 5.75 Å². The number of methoxy groups -OCH3 is 1. The second kappa shape index (κ2) is 3.62. The molecule has 0 atom stereocenters. The van der Waals surface area contributed by atoms with Gasteiger partial charge < -0.3 is 9.84 Å². The number of phenolic OH excluding ortho intramolecular Hbond substituents is 1. The maximum Gasteiger partial charge on any atom is 0.136 e. The molecule has 0 amide bonds. The largest absolute Gasteiger partial charge is 0.507 e. The van der Waals surface area contributed by atoms with Crippen molar-refractivity contribution in [2.45, 2.75) is 0 Å². The molecular weight excluding hydrogens is 323 g/mol. The van der Waals surface area contributed by atoms with Crippen molar-refractivity contribution in [2.24, 2.45) is 0 Å². The lowest BCUT2D eigenvalue weighted by Gasteiger charge is -2.04. The molecular formula is C7H6BrIO2. The molecule has 11 heavy (non-hydrogen) atoms. The highest BCUT2D eigenvalue weighted by Gasteiger charge is 2.04. The van der Waals surface area contributed by atoms with Crippen molar-refractivity contribution in [2.75, 3.05) is 7.11 Å². The van der Waals surface area contributed by atoms with Crippen molar-refractivity contribution in [3.63, 3.8) is 0 Å². The Bertz CT molecular complexity index is 275. The van der Waals surface area contributed by atoms with E-state index in [0.717, 1.165) is 8.04 Å². The Labute approximate surface area is 86.8 Å². The van der Waals surface area contributed by atoms with Crippen LogP contribution in [0, 0.1) is 3.57 Å². The first-order chi connectivity index (χ1) is 5.15. The van der Waals surface area contributed by atoms with Crippen molar-refractivity contribution < 1.29 is 9.84 Å². The van der Waals surface area contributed by atoms with Crippen molar-refractivity contribution in [3.8, 4) is 11.5 Å². The van der Waals surface area contributed by atoms with Crippen LogP contribution in [-0.2, 0) is 0 Å². The van der Waals surface area contributed by atoms with Crippen molar-refractivity contribution in [1.29, 1.82) is 0 Å². The quantitative estimate of drug-likeness (QED) is 0.803. The predicted octanol–water partition coefficient (Wildman–Crippen LogP) is 2.77. The smallest absolute Gasteiger partial charge is 0.136 e. The fourth-order valence-electron chi connectivity index (χ4n) is 0.675. The highest BCUT2D eigenvalue weighted by atomic mass is 127. The standard InChI is InChI=1S/C7H6BrIO2/c1-11-7-3-6(10)5(9)2-4(7)8/h2-3,10H,1H3. The summed E-state index contributed by atoms with van der Waals surface area (Å²) in [5.41, 5.74) is 0. The van der Waals surface area contributed by atoms with Crippen LogP contribution in [0.25, 0.3) is 0 Å². The normalized spacial score (nSPS) is 9.73. The number of hydrogen-bond donors (Lipinski definition) is 1. The van der Waals surface area contributed by atoms with Gasteiger partial charge in [0.2, 0.25) is 0 Å². The number of hydrogen-bond acceptors (Lipinski definition) is 2. The molecule has 0 aliphatic rings. The summed E-state index contributed by atoms with van der Waals surface area (Å²) in [7, 11) is 1.56. The Morgan fingerprint density at radius 2 is 2.18 bits per heavy atom. The Balaban J connectivity index is 3.21. The number of ether oxygens (including phenoxy) is 1. The first kappa shape index (κ1) is 9.12. The lowest BCUT2D eigenvalue weighted by Crippen LogP contribution is -1.85. The van der Waals surface area contributed by atoms with E-state index in [1.165, 1.54) is 0 Å². The molecule has 0 bridgehead atoms. The number of benzene rings is 1. The molecule has 1 N–H and O–H groups in total. The molecule has 0 aliphatic heterocycles. The second-order valence-electron chi connectivity index (χ2n) is 1.94. The van der Waals surface area contributed by atoms with Gasteiger partial charge in [-0.1, -0.05) is 0 Å². The highest BCUT2D eigenvalue weighted by Crippen LogP contribution is 2.32. The van der Waals surface area contributed by atoms with Crippen LogP contribution in [-0.4, -0.2) is 12.2 Å². The van der Waals surface area contributed by atoms with Crippen LogP contribution in [0.3, 0.4) is 0 Å². The van der Waals surface area contributed by atoms with Gasteiger partial charge in [0, 0.05) is 6.07 Å². The SMILES string of the molecule is COc1cc(O)c(I)cc1Br. The fourth-order valence-corrected chi connectivity index (χ4v) is 2.08. The van der Waals surface area contributed by atoms with Gasteiger partial charge >= 0.3 is 0 Å². The average molecular weight is 329 g/mol. The first-order valence-corrected chi connectivity index (χ1v) is 4.74. The summed E-state index contributed by atoms with van der Waals surface area (Å²) in [4.78, 5) is 0. The number of phenols is 1. The van der Waals surface area contributed by atoms with Crippen LogP contribution in [0.5, 0.6) is 11.5 Å². The van der Waals surface area contributed by atoms with Gasteiger partial charge in [0.15, 0.2) is 0 Å². The molecule has 0 heterocycles. The zero-order valence-corrected chi connectivity index (χ0v) is 9.51. The van der Waals surface area contributed by atoms with Gasteiger partial charge in [0.05, 0.1) is 15.2 Å². The molecule has 2 nitrogen and oxygen atoms in total. The third-order valence-electron chi connectivity index (χ3n) is 1.22. The molecule has 0 fully saturated rings. The van der Waals surface area contributed by atoms with Crippen LogP contribution in [0.15, 0.2) is 16.6 Å². The highest BCUT2D eigenvalue weighted by molar-refractivity contribution is 14.1. The summed E-state index contributed by atoms with van der Waals surface area (Å²) < 4.78 is 6.62. The molecule has 1 rings (SSSR count). The number of aromatic hydroxyl groups is 1. The van der Waals surface area contributed by atoms with E-state index in [0.29, 0.717) is 5.75 Å². The van der Waals surface area contributed by atoms with Crippen molar-refractivity contribution in [1.82, 2.24) is 0 Å². The minimum Gasteiger partial charge on any atom is -0.507 e. The lowest BCUT2D eigenvalue weighted by molar-refractivity contribution is 0.404. The van der Waals surface area contributed by atoms with E-state index in [4.69, 9.17) is 4.74 Å². The van der Waals surface area contributed by atoms with E-state index in [2.05, 4.69) is 15.9 Å². The van der Waals surface area contributed by atoms with Gasteiger partial charge in [0.25, 0.3) is 0 Å². The number of halogens is 2. The zero-order chi connectivity index (χ0) is 8.43. The Morgan fingerprint density at radius 3 is 2.73 bits per heavy atom. The summed E-state index contributed by atoms with van der Waals surface area (Å²) in [6.07, 6.45) is 0. The van der Waals surface area contributed by atoms with E-state index < -0.39 is 0 Å². The van der Waals surface area contributed by atoms with E-state index in [9.17, 15) is 5.11 Å². The van der Waals surface area contributed by atoms with Gasteiger partial charge in [-0.3, -0.25) is 0 Å². The molecule has 60 valence electrons. The van der Waals surface area contributed by atoms with Gasteiger partial charge in [-0.25, -0.2) is 0 Å². The van der Waals surface area contributed by atoms with Gasteiger partial charge in [-0.05, 0) is 44.6 Å². The topological polar surface area (TPSA) is 29.5 Å². The predicted molar refractivity (Wildman–Crippen MR) is 55.1 cm³/mol.